The molecule has 0 bridgehead atoms. The number of nitrogen functional groups attached to an aromatic ring is 1. The van der Waals surface area contributed by atoms with E-state index in [0.29, 0.717) is 0 Å². The Balaban J connectivity index is 2.11. The summed E-state index contributed by atoms with van der Waals surface area (Å²) in [7, 11) is 0. The lowest BCUT2D eigenvalue weighted by Gasteiger charge is -2.29. The van der Waals surface area contributed by atoms with Crippen LogP contribution in [0.1, 0.15) is 26.2 Å². The van der Waals surface area contributed by atoms with Crippen LogP contribution in [-0.4, -0.2) is 39.8 Å². The van der Waals surface area contributed by atoms with Gasteiger partial charge in [0.05, 0.1) is 4.92 Å². The van der Waals surface area contributed by atoms with E-state index < -0.39 is 11.0 Å². The number of pyridine rings is 1. The lowest BCUT2D eigenvalue weighted by atomic mass is 10.1. The van der Waals surface area contributed by atoms with Gasteiger partial charge < -0.3 is 16.0 Å². The van der Waals surface area contributed by atoms with Gasteiger partial charge in [-0.25, -0.2) is 4.98 Å². The zero-order valence-electron chi connectivity index (χ0n) is 11.9. The number of anilines is 2. The van der Waals surface area contributed by atoms with Crippen LogP contribution in [0.2, 0.25) is 0 Å². The predicted molar refractivity (Wildman–Crippen MR) is 78.8 cm³/mol. The molecule has 0 radical (unpaired) electrons. The molecule has 0 aliphatic carbocycles. The Morgan fingerprint density at radius 1 is 1.43 bits per heavy atom. The van der Waals surface area contributed by atoms with Crippen molar-refractivity contribution in [1.82, 2.24) is 9.88 Å². The Morgan fingerprint density at radius 2 is 2.10 bits per heavy atom. The summed E-state index contributed by atoms with van der Waals surface area (Å²) in [4.78, 5) is 28.4. The highest BCUT2D eigenvalue weighted by Gasteiger charge is 2.25. The van der Waals surface area contributed by atoms with Crippen molar-refractivity contribution in [2.75, 3.05) is 24.1 Å². The molecule has 1 atom stereocenters. The van der Waals surface area contributed by atoms with Crippen molar-refractivity contribution < 1.29 is 9.72 Å². The molecule has 0 aromatic carbocycles. The van der Waals surface area contributed by atoms with E-state index in [-0.39, 0.29) is 23.2 Å². The van der Waals surface area contributed by atoms with Gasteiger partial charge in [0.2, 0.25) is 11.7 Å². The highest BCUT2D eigenvalue weighted by molar-refractivity contribution is 5.84. The fourth-order valence-corrected chi connectivity index (χ4v) is 2.38. The minimum atomic E-state index is -0.587. The minimum Gasteiger partial charge on any atom is -0.384 e. The van der Waals surface area contributed by atoms with Crippen LogP contribution in [0.5, 0.6) is 0 Å². The number of likely N-dealkylation sites (tertiary alicyclic amines) is 1. The molecule has 1 aliphatic heterocycles. The van der Waals surface area contributed by atoms with Crippen molar-refractivity contribution in [2.45, 2.75) is 32.2 Å². The summed E-state index contributed by atoms with van der Waals surface area (Å²) in [5, 5.41) is 13.8. The molecule has 3 N–H and O–H groups in total. The summed E-state index contributed by atoms with van der Waals surface area (Å²) in [6.45, 7) is 3.14. The summed E-state index contributed by atoms with van der Waals surface area (Å²) < 4.78 is 0. The monoisotopic (exact) mass is 293 g/mol. The number of hydrogen-bond acceptors (Lipinski definition) is 6. The van der Waals surface area contributed by atoms with Crippen LogP contribution in [0.4, 0.5) is 17.3 Å². The number of piperidine rings is 1. The van der Waals surface area contributed by atoms with Gasteiger partial charge in [0, 0.05) is 19.2 Å². The summed E-state index contributed by atoms with van der Waals surface area (Å²) in [5.41, 5.74) is 5.36. The van der Waals surface area contributed by atoms with Crippen molar-refractivity contribution in [1.29, 1.82) is 0 Å². The largest absolute Gasteiger partial charge is 0.384 e. The second-order valence-corrected chi connectivity index (χ2v) is 5.11. The third-order valence-corrected chi connectivity index (χ3v) is 3.48. The Bertz CT molecular complexity index is 543. The van der Waals surface area contributed by atoms with Gasteiger partial charge in [-0.15, -0.1) is 0 Å². The number of nitrogens with one attached hydrogen (secondary N) is 1. The van der Waals surface area contributed by atoms with E-state index in [2.05, 4.69) is 10.3 Å². The van der Waals surface area contributed by atoms with Gasteiger partial charge in [-0.1, -0.05) is 0 Å². The van der Waals surface area contributed by atoms with E-state index >= 15 is 0 Å². The van der Waals surface area contributed by atoms with Gasteiger partial charge in [-0.2, -0.15) is 0 Å². The van der Waals surface area contributed by atoms with Crippen LogP contribution in [-0.2, 0) is 4.79 Å². The second-order valence-electron chi connectivity index (χ2n) is 5.11. The maximum Gasteiger partial charge on any atom is 0.311 e. The predicted octanol–water partition coefficient (Wildman–Crippen LogP) is 1.38. The van der Waals surface area contributed by atoms with Crippen LogP contribution in [0.15, 0.2) is 12.1 Å². The zero-order chi connectivity index (χ0) is 15.4. The SMILES string of the molecule is CC(Nc1nc(N)ccc1[N+](=O)[O-])C(=O)N1CCCCC1. The zero-order valence-corrected chi connectivity index (χ0v) is 11.9. The maximum atomic E-state index is 12.3. The van der Waals surface area contributed by atoms with Gasteiger partial charge in [0.15, 0.2) is 0 Å². The highest BCUT2D eigenvalue weighted by Crippen LogP contribution is 2.24. The van der Waals surface area contributed by atoms with Crippen LogP contribution in [0.3, 0.4) is 0 Å². The Morgan fingerprint density at radius 3 is 2.71 bits per heavy atom. The van der Waals surface area contributed by atoms with Crippen LogP contribution in [0, 0.1) is 10.1 Å². The Hall–Kier alpha value is -2.38. The standard InChI is InChI=1S/C13H19N5O3/c1-9(13(19)17-7-3-2-4-8-17)15-12-10(18(20)21)5-6-11(14)16-12/h5-6,9H,2-4,7-8H2,1H3,(H3,14,15,16). The van der Waals surface area contributed by atoms with Crippen molar-refractivity contribution in [3.63, 3.8) is 0 Å². The van der Waals surface area contributed by atoms with E-state index in [1.807, 2.05) is 0 Å². The van der Waals surface area contributed by atoms with Crippen LogP contribution >= 0.6 is 0 Å². The first kappa shape index (κ1) is 15.0. The van der Waals surface area contributed by atoms with E-state index in [4.69, 9.17) is 5.73 Å². The number of nitrogens with two attached hydrogens (primary N) is 1. The van der Waals surface area contributed by atoms with Gasteiger partial charge >= 0.3 is 5.69 Å². The van der Waals surface area contributed by atoms with Crippen molar-refractivity contribution in [3.8, 4) is 0 Å². The molecule has 1 aromatic rings. The summed E-state index contributed by atoms with van der Waals surface area (Å²) >= 11 is 0. The molecule has 1 aromatic heterocycles. The third kappa shape index (κ3) is 3.59. The molecule has 2 rings (SSSR count). The summed E-state index contributed by atoms with van der Waals surface area (Å²) in [5.74, 6) is 0.117. The average molecular weight is 293 g/mol. The van der Waals surface area contributed by atoms with Gasteiger partial charge in [0.1, 0.15) is 11.9 Å². The number of nitrogens with zero attached hydrogens (tertiary/aromatic N) is 3. The molecular formula is C13H19N5O3. The molecule has 0 saturated carbocycles. The average Bonchev–Trinajstić information content (AvgIpc) is 2.47. The lowest BCUT2D eigenvalue weighted by Crippen LogP contribution is -2.44. The number of nitro groups is 1. The van der Waals surface area contributed by atoms with E-state index in [1.165, 1.54) is 12.1 Å². The topological polar surface area (TPSA) is 114 Å². The highest BCUT2D eigenvalue weighted by atomic mass is 16.6. The van der Waals surface area contributed by atoms with E-state index in [9.17, 15) is 14.9 Å². The number of hydrogen-bond donors (Lipinski definition) is 2. The number of rotatable bonds is 4. The lowest BCUT2D eigenvalue weighted by molar-refractivity contribution is -0.384. The quantitative estimate of drug-likeness (QED) is 0.640. The summed E-state index contributed by atoms with van der Waals surface area (Å²) in [6, 6.07) is 2.06. The van der Waals surface area contributed by atoms with E-state index in [0.717, 1.165) is 32.4 Å². The number of carbonyl (C=O) groups excluding carboxylic acids is 1. The molecule has 1 saturated heterocycles. The summed E-state index contributed by atoms with van der Waals surface area (Å²) in [6.07, 6.45) is 3.12. The first-order valence-corrected chi connectivity index (χ1v) is 6.95. The number of amides is 1. The molecule has 0 spiro atoms. The van der Waals surface area contributed by atoms with Gasteiger partial charge in [-0.05, 0) is 32.3 Å². The Labute approximate surface area is 122 Å². The normalized spacial score (nSPS) is 16.3. The third-order valence-electron chi connectivity index (χ3n) is 3.48. The van der Waals surface area contributed by atoms with Crippen molar-refractivity contribution in [3.05, 3.63) is 22.2 Å². The fraction of sp³-hybridized carbons (Fsp3) is 0.538. The molecule has 1 fully saturated rings. The molecule has 1 amide bonds. The fourth-order valence-electron chi connectivity index (χ4n) is 2.38. The van der Waals surface area contributed by atoms with Gasteiger partial charge in [0.25, 0.3) is 0 Å². The molecule has 8 heteroatoms. The number of carbonyl (C=O) groups is 1. The second kappa shape index (κ2) is 6.38. The molecule has 1 aliphatic rings. The first-order valence-electron chi connectivity index (χ1n) is 6.95. The van der Waals surface area contributed by atoms with Crippen molar-refractivity contribution in [2.24, 2.45) is 0 Å². The first-order chi connectivity index (χ1) is 9.99. The molecule has 8 nitrogen and oxygen atoms in total. The maximum absolute atomic E-state index is 12.3. The van der Waals surface area contributed by atoms with Gasteiger partial charge in [-0.3, -0.25) is 14.9 Å². The molecule has 1 unspecified atom stereocenters. The molecular weight excluding hydrogens is 274 g/mol. The van der Waals surface area contributed by atoms with E-state index in [1.54, 1.807) is 11.8 Å². The molecule has 114 valence electrons. The van der Waals surface area contributed by atoms with Crippen LogP contribution < -0.4 is 11.1 Å². The molecule has 2 heterocycles. The minimum absolute atomic E-state index is 0.0258. The smallest absolute Gasteiger partial charge is 0.311 e. The Kier molecular flexibility index (Phi) is 4.56. The van der Waals surface area contributed by atoms with Crippen molar-refractivity contribution >= 4 is 23.2 Å². The molecule has 21 heavy (non-hydrogen) atoms. The number of aromatic nitrogens is 1. The van der Waals surface area contributed by atoms with Crippen LogP contribution in [0.25, 0.3) is 0 Å².